The maximum Gasteiger partial charge on any atom is 0.460 e. The molecule has 0 unspecified atom stereocenters. The van der Waals surface area contributed by atoms with Gasteiger partial charge in [-0.15, -0.1) is 0 Å². The van der Waals surface area contributed by atoms with E-state index in [4.69, 9.17) is 0 Å². The van der Waals surface area contributed by atoms with Gasteiger partial charge in [0.1, 0.15) is 0 Å². The second-order valence-electron chi connectivity index (χ2n) is 10.7. The minimum atomic E-state index is -7.65. The van der Waals surface area contributed by atoms with Crippen molar-refractivity contribution in [2.75, 3.05) is 13.2 Å². The van der Waals surface area contributed by atoms with Gasteiger partial charge in [-0.25, -0.2) is 0 Å². The first-order valence-electron chi connectivity index (χ1n) is 13.0. The lowest BCUT2D eigenvalue weighted by Crippen LogP contribution is -2.80. The summed E-state index contributed by atoms with van der Waals surface area (Å²) in [5.41, 5.74) is 0. The minimum Gasteiger partial charge on any atom is -0.477 e. The average Bonchev–Trinajstić information content (AvgIpc) is 2.97. The fourth-order valence-electron chi connectivity index (χ4n) is 3.71. The molecule has 55 heavy (non-hydrogen) atoms. The molecule has 2 rings (SSSR count). The molecular formula is C22H10F28N2O3. The Morgan fingerprint density at radius 2 is 0.782 bits per heavy atom. The molecule has 1 saturated carbocycles. The summed E-state index contributed by atoms with van der Waals surface area (Å²) in [6.07, 6.45) is -26.5. The predicted molar refractivity (Wildman–Crippen MR) is 113 cm³/mol. The molecule has 1 aromatic rings. The van der Waals surface area contributed by atoms with Crippen molar-refractivity contribution in [2.24, 2.45) is 0 Å². The van der Waals surface area contributed by atoms with Crippen LogP contribution in [0.5, 0.6) is 17.8 Å². The summed E-state index contributed by atoms with van der Waals surface area (Å²) in [5, 5.41) is 0. The van der Waals surface area contributed by atoms with Gasteiger partial charge in [0.25, 0.3) is 0 Å². The fraction of sp³-hybridized carbons (Fsp3) is 0.818. The molecule has 5 nitrogen and oxygen atoms in total. The topological polar surface area (TPSA) is 53.5 Å². The molecule has 0 N–H and O–H groups in total. The second-order valence-corrected chi connectivity index (χ2v) is 10.7. The third-order valence-corrected chi connectivity index (χ3v) is 6.91. The van der Waals surface area contributed by atoms with Crippen molar-refractivity contribution >= 4 is 0 Å². The van der Waals surface area contributed by atoms with E-state index in [1.807, 2.05) is 0 Å². The Bertz CT molecular complexity index is 1430. The molecule has 33 heteroatoms. The first-order valence-corrected chi connectivity index (χ1v) is 13.0. The van der Waals surface area contributed by atoms with Gasteiger partial charge in [0.15, 0.2) is 0 Å². The normalized spacial score (nSPS) is 20.9. The van der Waals surface area contributed by atoms with E-state index in [0.717, 1.165) is 0 Å². The summed E-state index contributed by atoms with van der Waals surface area (Å²) in [6, 6.07) is -2.99. The molecule has 1 aromatic heterocycles. The van der Waals surface area contributed by atoms with E-state index in [1.165, 1.54) is 0 Å². The van der Waals surface area contributed by atoms with Gasteiger partial charge < -0.3 is 14.2 Å². The van der Waals surface area contributed by atoms with E-state index < -0.39 is 133 Å². The van der Waals surface area contributed by atoms with Gasteiger partial charge in [-0.3, -0.25) is 0 Å². The maximum atomic E-state index is 14.3. The molecule has 0 amide bonds. The number of hydrogen-bond acceptors (Lipinski definition) is 5. The molecule has 0 aliphatic heterocycles. The quantitative estimate of drug-likeness (QED) is 0.174. The lowest BCUT2D eigenvalue weighted by Gasteiger charge is -2.48. The zero-order valence-corrected chi connectivity index (χ0v) is 24.7. The number of halogens is 28. The number of ether oxygens (including phenoxy) is 3. The highest BCUT2D eigenvalue weighted by Crippen LogP contribution is 2.65. The van der Waals surface area contributed by atoms with Crippen molar-refractivity contribution in [1.29, 1.82) is 0 Å². The number of hydrogen-bond donors (Lipinski definition) is 0. The van der Waals surface area contributed by atoms with Crippen molar-refractivity contribution < 1.29 is 137 Å². The van der Waals surface area contributed by atoms with Crippen molar-refractivity contribution in [3.05, 3.63) is 6.07 Å². The van der Waals surface area contributed by atoms with Gasteiger partial charge in [0.2, 0.25) is 17.9 Å². The van der Waals surface area contributed by atoms with Crippen LogP contribution in [-0.2, 0) is 0 Å². The largest absolute Gasteiger partial charge is 0.477 e. The molecule has 1 aliphatic rings. The van der Waals surface area contributed by atoms with Crippen LogP contribution in [0.25, 0.3) is 0 Å². The summed E-state index contributed by atoms with van der Waals surface area (Å²) < 4.78 is 385. The van der Waals surface area contributed by atoms with Crippen molar-refractivity contribution in [3.8, 4) is 17.8 Å². The van der Waals surface area contributed by atoms with Crippen LogP contribution in [-0.4, -0.2) is 107 Å². The zero-order chi connectivity index (χ0) is 43.9. The first kappa shape index (κ1) is 47.7. The third kappa shape index (κ3) is 7.20. The second kappa shape index (κ2) is 13.3. The van der Waals surface area contributed by atoms with Crippen LogP contribution >= 0.6 is 0 Å². The maximum absolute atomic E-state index is 14.3. The fourth-order valence-corrected chi connectivity index (χ4v) is 3.71. The molecular weight excluding hydrogens is 872 g/mol. The van der Waals surface area contributed by atoms with Crippen LogP contribution in [0.4, 0.5) is 123 Å². The average molecular weight is 882 g/mol. The van der Waals surface area contributed by atoms with Gasteiger partial charge in [0, 0.05) is 0 Å². The predicted octanol–water partition coefficient (Wildman–Crippen LogP) is 9.89. The molecule has 0 aromatic carbocycles. The van der Waals surface area contributed by atoms with E-state index in [1.54, 1.807) is 0 Å². The van der Waals surface area contributed by atoms with Crippen molar-refractivity contribution in [2.45, 2.75) is 96.4 Å². The zero-order valence-electron chi connectivity index (χ0n) is 24.7. The smallest absolute Gasteiger partial charge is 0.460 e. The third-order valence-electron chi connectivity index (χ3n) is 6.91. The summed E-state index contributed by atoms with van der Waals surface area (Å²) in [6.45, 7) is -4.92. The van der Waals surface area contributed by atoms with Crippen LogP contribution in [0.15, 0.2) is 6.07 Å². The minimum absolute atomic E-state index is 0.699. The van der Waals surface area contributed by atoms with Gasteiger partial charge >= 0.3 is 83.5 Å². The monoisotopic (exact) mass is 882 g/mol. The van der Waals surface area contributed by atoms with Crippen molar-refractivity contribution in [3.63, 3.8) is 0 Å². The highest BCUT2D eigenvalue weighted by atomic mass is 19.4. The van der Waals surface area contributed by atoms with E-state index in [2.05, 4.69) is 24.2 Å². The van der Waals surface area contributed by atoms with E-state index >= 15 is 0 Å². The SMILES string of the molecule is FC(F)(F)C(F)(F)C(F)(F)C(F)(F)CCOc1cc(OC2C(F)(F)C(F)(F)C(F)(F)C(F)(F)C2(F)F)nc(OCCC(F)(F)C(F)(F)C(F)(F)C(F)(F)F)n1. The van der Waals surface area contributed by atoms with Gasteiger partial charge in [0.05, 0.1) is 32.1 Å². The first-order chi connectivity index (χ1) is 23.9. The Balaban J connectivity index is 2.58. The van der Waals surface area contributed by atoms with Crippen molar-refractivity contribution in [1.82, 2.24) is 9.97 Å². The summed E-state index contributed by atoms with van der Waals surface area (Å²) in [7, 11) is 0. The summed E-state index contributed by atoms with van der Waals surface area (Å²) >= 11 is 0. The van der Waals surface area contributed by atoms with E-state index in [-0.39, 0.29) is 0 Å². The lowest BCUT2D eigenvalue weighted by atomic mass is 9.80. The standard InChI is InChI=1S/C22H10F28N2O3/c23-10(24,14(31,32)19(41,42)21(45,46)47)1-3-53-6-5-7(55-8-12(27,28)16(35,36)18(39,40)17(37,38)13(8,29)30)52-9(51-6)54-4-2-11(25,26)15(33,34)20(43,44)22(48,49)50/h5,8H,1-4H2. The number of alkyl halides is 28. The van der Waals surface area contributed by atoms with Crippen LogP contribution in [0.3, 0.4) is 0 Å². The van der Waals surface area contributed by atoms with Gasteiger partial charge in [-0.2, -0.15) is 133 Å². The number of nitrogens with zero attached hydrogens (tertiary/aromatic N) is 2. The summed E-state index contributed by atoms with van der Waals surface area (Å²) in [5.74, 6) is -84.7. The molecule has 0 saturated heterocycles. The Labute approximate surface area is 281 Å². The molecule has 1 fully saturated rings. The van der Waals surface area contributed by atoms with Gasteiger partial charge in [-0.05, 0) is 0 Å². The van der Waals surface area contributed by atoms with Crippen LogP contribution in [0.1, 0.15) is 12.8 Å². The highest BCUT2D eigenvalue weighted by molar-refractivity contribution is 5.27. The molecule has 322 valence electrons. The highest BCUT2D eigenvalue weighted by Gasteiger charge is 2.96. The Morgan fingerprint density at radius 3 is 1.13 bits per heavy atom. The molecule has 0 spiro atoms. The van der Waals surface area contributed by atoms with Gasteiger partial charge in [-0.1, -0.05) is 0 Å². The molecule has 1 heterocycles. The Morgan fingerprint density at radius 1 is 0.455 bits per heavy atom. The number of aromatic nitrogens is 2. The van der Waals surface area contributed by atoms with Crippen LogP contribution in [0, 0.1) is 0 Å². The number of rotatable bonds is 14. The Kier molecular flexibility index (Phi) is 11.5. The molecule has 0 radical (unpaired) electrons. The Hall–Kier alpha value is -3.48. The summed E-state index contributed by atoms with van der Waals surface area (Å²) in [4.78, 5) is 4.95. The van der Waals surface area contributed by atoms with E-state index in [9.17, 15) is 123 Å². The molecule has 1 aliphatic carbocycles. The lowest BCUT2D eigenvalue weighted by molar-refractivity contribution is -0.466. The van der Waals surface area contributed by atoms with Crippen LogP contribution in [0.2, 0.25) is 0 Å². The van der Waals surface area contributed by atoms with E-state index in [0.29, 0.717) is 0 Å². The van der Waals surface area contributed by atoms with Crippen LogP contribution < -0.4 is 14.2 Å². The molecule has 0 bridgehead atoms. The molecule has 0 atom stereocenters.